The van der Waals surface area contributed by atoms with E-state index in [4.69, 9.17) is 4.42 Å². The van der Waals surface area contributed by atoms with E-state index < -0.39 is 0 Å². The summed E-state index contributed by atoms with van der Waals surface area (Å²) < 4.78 is 5.70. The van der Waals surface area contributed by atoms with Crippen molar-refractivity contribution < 1.29 is 4.42 Å². The molecule has 0 radical (unpaired) electrons. The van der Waals surface area contributed by atoms with Crippen LogP contribution in [0.5, 0.6) is 0 Å². The molecule has 0 spiro atoms. The smallest absolute Gasteiger partial charge is 0.192 e. The maximum atomic E-state index is 11.9. The highest BCUT2D eigenvalue weighted by atomic mass is 16.3. The lowest BCUT2D eigenvalue weighted by atomic mass is 10.1. The summed E-state index contributed by atoms with van der Waals surface area (Å²) in [6.07, 6.45) is 0.734. The Balaban J connectivity index is 2.47. The minimum atomic E-state index is 0.0360. The molecule has 0 atom stereocenters. The Labute approximate surface area is 98.5 Å². The van der Waals surface area contributed by atoms with Gasteiger partial charge < -0.3 is 4.42 Å². The molecule has 0 N–H and O–H groups in total. The first-order valence-electron chi connectivity index (χ1n) is 5.73. The number of aryl methyl sites for hydroxylation is 1. The fourth-order valence-corrected chi connectivity index (χ4v) is 2.07. The van der Waals surface area contributed by atoms with E-state index in [0.29, 0.717) is 11.0 Å². The molecule has 2 nitrogen and oxygen atoms in total. The number of hydrogen-bond donors (Lipinski definition) is 0. The van der Waals surface area contributed by atoms with Crippen molar-refractivity contribution in [3.05, 3.63) is 58.4 Å². The van der Waals surface area contributed by atoms with E-state index >= 15 is 0 Å². The predicted octanol–water partition coefficient (Wildman–Crippen LogP) is 3.51. The van der Waals surface area contributed by atoms with Crippen LogP contribution in [0, 0.1) is 0 Å². The lowest BCUT2D eigenvalue weighted by Crippen LogP contribution is -2.01. The number of fused-ring (bicyclic) bond motifs is 2. The Hall–Kier alpha value is -2.09. The van der Waals surface area contributed by atoms with E-state index in [2.05, 4.69) is 0 Å². The Morgan fingerprint density at radius 2 is 1.76 bits per heavy atom. The van der Waals surface area contributed by atoms with Crippen molar-refractivity contribution in [1.29, 1.82) is 0 Å². The van der Waals surface area contributed by atoms with Crippen molar-refractivity contribution >= 4 is 21.7 Å². The highest BCUT2D eigenvalue weighted by molar-refractivity contribution is 5.95. The van der Waals surface area contributed by atoms with E-state index in [9.17, 15) is 4.79 Å². The van der Waals surface area contributed by atoms with Gasteiger partial charge in [0, 0.05) is 12.5 Å². The first-order chi connectivity index (χ1) is 8.28. The first kappa shape index (κ1) is 10.1. The van der Waals surface area contributed by atoms with Crippen molar-refractivity contribution in [2.24, 2.45) is 0 Å². The summed E-state index contributed by atoms with van der Waals surface area (Å²) in [5.41, 5.74) is 0.710. The van der Waals surface area contributed by atoms with Crippen LogP contribution in [0.1, 0.15) is 12.7 Å². The van der Waals surface area contributed by atoms with Gasteiger partial charge in [0.2, 0.25) is 0 Å². The third kappa shape index (κ3) is 1.62. The van der Waals surface area contributed by atoms with Gasteiger partial charge >= 0.3 is 0 Å². The minimum absolute atomic E-state index is 0.0360. The molecule has 84 valence electrons. The van der Waals surface area contributed by atoms with Gasteiger partial charge in [0.15, 0.2) is 5.43 Å². The largest absolute Gasteiger partial charge is 0.461 e. The van der Waals surface area contributed by atoms with Gasteiger partial charge in [-0.25, -0.2) is 0 Å². The maximum absolute atomic E-state index is 11.9. The zero-order chi connectivity index (χ0) is 11.8. The van der Waals surface area contributed by atoms with Crippen molar-refractivity contribution in [1.82, 2.24) is 0 Å². The third-order valence-corrected chi connectivity index (χ3v) is 2.99. The fraction of sp³-hybridized carbons (Fsp3) is 0.133. The molecule has 1 aromatic heterocycles. The fourth-order valence-electron chi connectivity index (χ4n) is 2.07. The molecule has 0 bridgehead atoms. The molecule has 2 heteroatoms. The molecule has 1 heterocycles. The normalized spacial score (nSPS) is 11.1. The van der Waals surface area contributed by atoms with Crippen LogP contribution >= 0.6 is 0 Å². The summed E-state index contributed by atoms with van der Waals surface area (Å²) >= 11 is 0. The second-order valence-corrected chi connectivity index (χ2v) is 4.13. The summed E-state index contributed by atoms with van der Waals surface area (Å²) in [4.78, 5) is 11.9. The Morgan fingerprint density at radius 1 is 1.06 bits per heavy atom. The average Bonchev–Trinajstić information content (AvgIpc) is 2.36. The SMILES string of the molecule is CCc1cc(=O)c2cc3ccccc3cc2o1. The third-order valence-electron chi connectivity index (χ3n) is 2.99. The first-order valence-corrected chi connectivity index (χ1v) is 5.73. The van der Waals surface area contributed by atoms with E-state index in [1.54, 1.807) is 6.07 Å². The van der Waals surface area contributed by atoms with Crippen LogP contribution < -0.4 is 5.43 Å². The Kier molecular flexibility index (Phi) is 2.22. The van der Waals surface area contributed by atoms with E-state index in [1.165, 1.54) is 0 Å². The van der Waals surface area contributed by atoms with Crippen LogP contribution in [-0.4, -0.2) is 0 Å². The van der Waals surface area contributed by atoms with Gasteiger partial charge in [-0.1, -0.05) is 31.2 Å². The van der Waals surface area contributed by atoms with Gasteiger partial charge in [-0.05, 0) is 22.9 Å². The summed E-state index contributed by atoms with van der Waals surface area (Å²) in [6.45, 7) is 1.98. The molecule has 3 rings (SSSR count). The quantitative estimate of drug-likeness (QED) is 0.592. The summed E-state index contributed by atoms with van der Waals surface area (Å²) in [5.74, 6) is 0.734. The topological polar surface area (TPSA) is 30.2 Å². The molecular formula is C15H12O2. The highest BCUT2D eigenvalue weighted by Gasteiger charge is 2.05. The van der Waals surface area contributed by atoms with Crippen molar-refractivity contribution in [3.63, 3.8) is 0 Å². The van der Waals surface area contributed by atoms with Gasteiger partial charge in [0.1, 0.15) is 11.3 Å². The van der Waals surface area contributed by atoms with Crippen molar-refractivity contribution in [2.45, 2.75) is 13.3 Å². The van der Waals surface area contributed by atoms with Gasteiger partial charge in [-0.15, -0.1) is 0 Å². The molecule has 0 fully saturated rings. The van der Waals surface area contributed by atoms with Crippen LogP contribution in [0.2, 0.25) is 0 Å². The zero-order valence-corrected chi connectivity index (χ0v) is 9.57. The molecular weight excluding hydrogens is 212 g/mol. The molecule has 0 aliphatic heterocycles. The highest BCUT2D eigenvalue weighted by Crippen LogP contribution is 2.21. The second-order valence-electron chi connectivity index (χ2n) is 4.13. The molecule has 3 aromatic rings. The predicted molar refractivity (Wildman–Crippen MR) is 69.4 cm³/mol. The molecule has 0 unspecified atom stereocenters. The number of hydrogen-bond acceptors (Lipinski definition) is 2. The molecule has 0 saturated carbocycles. The molecule has 0 aliphatic rings. The summed E-state index contributed by atoms with van der Waals surface area (Å²) in [7, 11) is 0. The van der Waals surface area contributed by atoms with E-state index in [1.807, 2.05) is 43.3 Å². The van der Waals surface area contributed by atoms with Crippen LogP contribution in [0.15, 0.2) is 51.7 Å². The van der Waals surface area contributed by atoms with Crippen LogP contribution in [-0.2, 0) is 6.42 Å². The monoisotopic (exact) mass is 224 g/mol. The van der Waals surface area contributed by atoms with E-state index in [-0.39, 0.29) is 5.43 Å². The second kappa shape index (κ2) is 3.74. The Bertz CT molecular complexity index is 754. The van der Waals surface area contributed by atoms with Crippen molar-refractivity contribution in [2.75, 3.05) is 0 Å². The van der Waals surface area contributed by atoms with E-state index in [0.717, 1.165) is 23.0 Å². The molecule has 2 aromatic carbocycles. The van der Waals surface area contributed by atoms with Crippen LogP contribution in [0.4, 0.5) is 0 Å². The van der Waals surface area contributed by atoms with Gasteiger partial charge in [0.25, 0.3) is 0 Å². The standard InChI is InChI=1S/C15H12O2/c1-2-12-9-14(16)13-7-10-5-3-4-6-11(10)8-15(13)17-12/h3-9H,2H2,1H3. The Morgan fingerprint density at radius 3 is 2.47 bits per heavy atom. The molecule has 17 heavy (non-hydrogen) atoms. The van der Waals surface area contributed by atoms with Gasteiger partial charge in [-0.2, -0.15) is 0 Å². The molecule has 0 amide bonds. The number of benzene rings is 2. The van der Waals surface area contributed by atoms with Gasteiger partial charge in [-0.3, -0.25) is 4.79 Å². The van der Waals surface area contributed by atoms with Crippen molar-refractivity contribution in [3.8, 4) is 0 Å². The maximum Gasteiger partial charge on any atom is 0.192 e. The van der Waals surface area contributed by atoms with Crippen LogP contribution in [0.3, 0.4) is 0 Å². The summed E-state index contributed by atoms with van der Waals surface area (Å²) in [6, 6.07) is 13.4. The van der Waals surface area contributed by atoms with Gasteiger partial charge in [0.05, 0.1) is 5.39 Å². The van der Waals surface area contributed by atoms with Crippen LogP contribution in [0.25, 0.3) is 21.7 Å². The average molecular weight is 224 g/mol. The minimum Gasteiger partial charge on any atom is -0.461 e. The molecule has 0 saturated heterocycles. The lowest BCUT2D eigenvalue weighted by molar-refractivity contribution is 0.544. The zero-order valence-electron chi connectivity index (χ0n) is 9.57. The summed E-state index contributed by atoms with van der Waals surface area (Å²) in [5, 5.41) is 2.81. The lowest BCUT2D eigenvalue weighted by Gasteiger charge is -2.03. The number of rotatable bonds is 1. The molecule has 0 aliphatic carbocycles.